The summed E-state index contributed by atoms with van der Waals surface area (Å²) in [5.74, 6) is 2.19. The number of hydrogen-bond acceptors (Lipinski definition) is 4. The Labute approximate surface area is 169 Å². The molecule has 1 aliphatic rings. The van der Waals surface area contributed by atoms with Crippen LogP contribution in [0, 0.1) is 12.3 Å². The highest BCUT2D eigenvalue weighted by molar-refractivity contribution is 6.00. The molecule has 0 radical (unpaired) electrons. The minimum atomic E-state index is -0.613. The fraction of sp³-hybridized carbons (Fsp3) is 0.227. The third-order valence-electron chi connectivity index (χ3n) is 4.40. The molecule has 2 aromatic rings. The van der Waals surface area contributed by atoms with Gasteiger partial charge in [-0.05, 0) is 37.3 Å². The summed E-state index contributed by atoms with van der Waals surface area (Å²) >= 11 is 0. The van der Waals surface area contributed by atoms with Gasteiger partial charge < -0.3 is 20.3 Å². The van der Waals surface area contributed by atoms with Gasteiger partial charge in [0.2, 0.25) is 11.8 Å². The maximum Gasteiger partial charge on any atom is 0.267 e. The SMILES string of the molecule is C#Cc1cccc(NC(=O)CNC(=O)CCN2C(=O)C(C)Oc3ccccc32)c1. The van der Waals surface area contributed by atoms with E-state index in [0.717, 1.165) is 0 Å². The first-order chi connectivity index (χ1) is 14.0. The molecule has 1 atom stereocenters. The Balaban J connectivity index is 1.50. The second-order valence-electron chi connectivity index (χ2n) is 6.52. The van der Waals surface area contributed by atoms with E-state index in [1.165, 1.54) is 4.90 Å². The van der Waals surface area contributed by atoms with Gasteiger partial charge in [-0.15, -0.1) is 6.42 Å². The first kappa shape index (κ1) is 20.0. The van der Waals surface area contributed by atoms with Gasteiger partial charge in [0, 0.05) is 24.2 Å². The van der Waals surface area contributed by atoms with E-state index in [-0.39, 0.29) is 37.2 Å². The van der Waals surface area contributed by atoms with Gasteiger partial charge in [-0.25, -0.2) is 0 Å². The normalized spacial score (nSPS) is 15.0. The number of para-hydroxylation sites is 2. The van der Waals surface area contributed by atoms with Crippen molar-refractivity contribution in [2.24, 2.45) is 0 Å². The fourth-order valence-electron chi connectivity index (χ4n) is 2.96. The lowest BCUT2D eigenvalue weighted by molar-refractivity contribution is -0.126. The van der Waals surface area contributed by atoms with Gasteiger partial charge in [0.1, 0.15) is 5.75 Å². The molecule has 0 saturated heterocycles. The van der Waals surface area contributed by atoms with E-state index in [4.69, 9.17) is 11.2 Å². The Morgan fingerprint density at radius 2 is 1.97 bits per heavy atom. The van der Waals surface area contributed by atoms with Crippen LogP contribution in [0.2, 0.25) is 0 Å². The van der Waals surface area contributed by atoms with E-state index >= 15 is 0 Å². The van der Waals surface area contributed by atoms with Crippen molar-refractivity contribution in [1.29, 1.82) is 0 Å². The van der Waals surface area contributed by atoms with Gasteiger partial charge in [-0.3, -0.25) is 14.4 Å². The summed E-state index contributed by atoms with van der Waals surface area (Å²) < 4.78 is 5.58. The van der Waals surface area contributed by atoms with Crippen LogP contribution in [0.1, 0.15) is 18.9 Å². The van der Waals surface area contributed by atoms with Crippen LogP contribution < -0.4 is 20.3 Å². The van der Waals surface area contributed by atoms with Crippen LogP contribution in [-0.4, -0.2) is 36.9 Å². The molecular weight excluding hydrogens is 370 g/mol. The Morgan fingerprint density at radius 1 is 1.17 bits per heavy atom. The van der Waals surface area contributed by atoms with E-state index in [0.29, 0.717) is 22.7 Å². The number of amides is 3. The molecule has 1 unspecified atom stereocenters. The maximum atomic E-state index is 12.4. The highest BCUT2D eigenvalue weighted by Crippen LogP contribution is 2.33. The van der Waals surface area contributed by atoms with Gasteiger partial charge in [-0.2, -0.15) is 0 Å². The Morgan fingerprint density at radius 3 is 2.76 bits per heavy atom. The molecule has 29 heavy (non-hydrogen) atoms. The van der Waals surface area contributed by atoms with Crippen molar-refractivity contribution < 1.29 is 19.1 Å². The Hall–Kier alpha value is -3.79. The standard InChI is InChI=1S/C22H21N3O4/c1-3-16-7-6-8-17(13-16)24-21(27)14-23-20(26)11-12-25-18-9-4-5-10-19(18)29-15(2)22(25)28/h1,4-10,13,15H,11-12,14H2,2H3,(H,23,26)(H,24,27). The largest absolute Gasteiger partial charge is 0.479 e. The predicted octanol–water partition coefficient (Wildman–Crippen LogP) is 1.93. The lowest BCUT2D eigenvalue weighted by atomic mass is 10.1. The number of hydrogen-bond donors (Lipinski definition) is 2. The second-order valence-corrected chi connectivity index (χ2v) is 6.52. The quantitative estimate of drug-likeness (QED) is 0.737. The minimum absolute atomic E-state index is 0.0622. The van der Waals surface area contributed by atoms with Gasteiger partial charge in [0.15, 0.2) is 6.10 Å². The molecule has 2 N–H and O–H groups in total. The van der Waals surface area contributed by atoms with Crippen LogP contribution in [0.3, 0.4) is 0 Å². The summed E-state index contributed by atoms with van der Waals surface area (Å²) in [4.78, 5) is 38.1. The first-order valence-electron chi connectivity index (χ1n) is 9.18. The summed E-state index contributed by atoms with van der Waals surface area (Å²) in [6, 6.07) is 14.1. The average Bonchev–Trinajstić information content (AvgIpc) is 2.72. The van der Waals surface area contributed by atoms with Crippen LogP contribution in [0.4, 0.5) is 11.4 Å². The predicted molar refractivity (Wildman–Crippen MR) is 110 cm³/mol. The van der Waals surface area contributed by atoms with Crippen molar-refractivity contribution in [3.05, 3.63) is 54.1 Å². The maximum absolute atomic E-state index is 12.4. The molecule has 1 aliphatic heterocycles. The van der Waals surface area contributed by atoms with Crippen molar-refractivity contribution in [2.75, 3.05) is 23.3 Å². The number of carbonyl (C=O) groups excluding carboxylic acids is 3. The number of nitrogens with zero attached hydrogens (tertiary/aromatic N) is 1. The lowest BCUT2D eigenvalue weighted by Gasteiger charge is -2.32. The van der Waals surface area contributed by atoms with E-state index in [1.807, 2.05) is 6.07 Å². The molecule has 3 amide bonds. The number of rotatable bonds is 6. The van der Waals surface area contributed by atoms with Crippen LogP contribution in [0.15, 0.2) is 48.5 Å². The summed E-state index contributed by atoms with van der Waals surface area (Å²) in [5.41, 5.74) is 1.84. The first-order valence-corrected chi connectivity index (χ1v) is 9.18. The monoisotopic (exact) mass is 391 g/mol. The van der Waals surface area contributed by atoms with Gasteiger partial charge >= 0.3 is 0 Å². The number of nitrogens with one attached hydrogen (secondary N) is 2. The number of ether oxygens (including phenoxy) is 1. The molecule has 3 rings (SSSR count). The second kappa shape index (κ2) is 8.93. The molecule has 1 heterocycles. The van der Waals surface area contributed by atoms with Crippen molar-refractivity contribution >= 4 is 29.1 Å². The molecule has 0 aromatic heterocycles. The average molecular weight is 391 g/mol. The Bertz CT molecular complexity index is 980. The molecule has 0 fully saturated rings. The van der Waals surface area contributed by atoms with Gasteiger partial charge in [-0.1, -0.05) is 24.1 Å². The molecule has 0 spiro atoms. The lowest BCUT2D eigenvalue weighted by Crippen LogP contribution is -2.46. The number of anilines is 2. The summed E-state index contributed by atoms with van der Waals surface area (Å²) in [5, 5.41) is 5.23. The highest BCUT2D eigenvalue weighted by atomic mass is 16.5. The summed E-state index contributed by atoms with van der Waals surface area (Å²) in [7, 11) is 0. The molecule has 7 nitrogen and oxygen atoms in total. The fourth-order valence-corrected chi connectivity index (χ4v) is 2.96. The van der Waals surface area contributed by atoms with Crippen molar-refractivity contribution in [3.8, 4) is 18.1 Å². The summed E-state index contributed by atoms with van der Waals surface area (Å²) in [6.45, 7) is 1.69. The molecule has 148 valence electrons. The Kier molecular flexibility index (Phi) is 6.15. The van der Waals surface area contributed by atoms with E-state index in [9.17, 15) is 14.4 Å². The van der Waals surface area contributed by atoms with E-state index < -0.39 is 6.10 Å². The number of carbonyl (C=O) groups is 3. The number of fused-ring (bicyclic) bond motifs is 1. The zero-order valence-electron chi connectivity index (χ0n) is 16.0. The molecule has 0 bridgehead atoms. The number of terminal acetylenes is 1. The van der Waals surface area contributed by atoms with E-state index in [2.05, 4.69) is 16.6 Å². The van der Waals surface area contributed by atoms with Crippen molar-refractivity contribution in [1.82, 2.24) is 5.32 Å². The molecular formula is C22H21N3O4. The molecule has 7 heteroatoms. The van der Waals surface area contributed by atoms with Crippen LogP contribution >= 0.6 is 0 Å². The minimum Gasteiger partial charge on any atom is -0.479 e. The molecule has 2 aromatic carbocycles. The zero-order valence-corrected chi connectivity index (χ0v) is 16.0. The van der Waals surface area contributed by atoms with Crippen LogP contribution in [0.25, 0.3) is 0 Å². The smallest absolute Gasteiger partial charge is 0.267 e. The van der Waals surface area contributed by atoms with Gasteiger partial charge in [0.25, 0.3) is 5.91 Å². The van der Waals surface area contributed by atoms with Crippen molar-refractivity contribution in [3.63, 3.8) is 0 Å². The van der Waals surface area contributed by atoms with Crippen LogP contribution in [0.5, 0.6) is 5.75 Å². The van der Waals surface area contributed by atoms with E-state index in [1.54, 1.807) is 49.4 Å². The number of benzene rings is 2. The highest BCUT2D eigenvalue weighted by Gasteiger charge is 2.31. The van der Waals surface area contributed by atoms with Crippen LogP contribution in [-0.2, 0) is 14.4 Å². The topological polar surface area (TPSA) is 87.7 Å². The zero-order chi connectivity index (χ0) is 20.8. The third kappa shape index (κ3) is 4.93. The molecule has 0 saturated carbocycles. The summed E-state index contributed by atoms with van der Waals surface area (Å²) in [6.07, 6.45) is 4.78. The third-order valence-corrected chi connectivity index (χ3v) is 4.40. The molecule has 0 aliphatic carbocycles. The van der Waals surface area contributed by atoms with Gasteiger partial charge in [0.05, 0.1) is 12.2 Å². The van der Waals surface area contributed by atoms with Crippen molar-refractivity contribution in [2.45, 2.75) is 19.4 Å².